The predicted octanol–water partition coefficient (Wildman–Crippen LogP) is 3.60. The fourth-order valence-corrected chi connectivity index (χ4v) is 2.18. The lowest BCUT2D eigenvalue weighted by Crippen LogP contribution is -1.99. The molecule has 0 radical (unpaired) electrons. The van der Waals surface area contributed by atoms with Gasteiger partial charge in [-0.3, -0.25) is 10.1 Å². The van der Waals surface area contributed by atoms with Gasteiger partial charge in [-0.2, -0.15) is 0 Å². The van der Waals surface area contributed by atoms with Gasteiger partial charge in [-0.05, 0) is 23.3 Å². The third kappa shape index (κ3) is 4.27. The highest BCUT2D eigenvalue weighted by atomic mass is 79.9. The van der Waals surface area contributed by atoms with Crippen LogP contribution >= 0.6 is 15.9 Å². The molecule has 0 bridgehead atoms. The van der Waals surface area contributed by atoms with Crippen molar-refractivity contribution in [1.82, 2.24) is 0 Å². The highest BCUT2D eigenvalue weighted by molar-refractivity contribution is 9.09. The molecule has 0 saturated carbocycles. The van der Waals surface area contributed by atoms with Crippen molar-refractivity contribution in [3.05, 3.63) is 69.8 Å². The SMILES string of the molecule is O=[N+]([O-])c1cccc(COc2ccc(C(O)CBr)cc2)c1. The number of alkyl halides is 1. The highest BCUT2D eigenvalue weighted by Gasteiger charge is 2.07. The number of hydrogen-bond acceptors (Lipinski definition) is 4. The number of non-ortho nitro benzene ring substituents is 1. The molecule has 0 spiro atoms. The van der Waals surface area contributed by atoms with E-state index in [0.29, 0.717) is 11.1 Å². The summed E-state index contributed by atoms with van der Waals surface area (Å²) in [5.74, 6) is 0.645. The third-order valence-electron chi connectivity index (χ3n) is 2.94. The van der Waals surface area contributed by atoms with Crippen molar-refractivity contribution in [1.29, 1.82) is 0 Å². The minimum Gasteiger partial charge on any atom is -0.489 e. The molecule has 0 aliphatic rings. The van der Waals surface area contributed by atoms with Crippen molar-refractivity contribution >= 4 is 21.6 Å². The van der Waals surface area contributed by atoms with Crippen LogP contribution in [-0.4, -0.2) is 15.4 Å². The molecule has 0 aromatic heterocycles. The molecule has 2 aromatic rings. The minimum atomic E-state index is -0.546. The van der Waals surface area contributed by atoms with E-state index < -0.39 is 11.0 Å². The Bertz CT molecular complexity index is 615. The first-order valence-corrected chi connectivity index (χ1v) is 7.42. The molecule has 1 atom stereocenters. The monoisotopic (exact) mass is 351 g/mol. The number of nitrogens with zero attached hydrogens (tertiary/aromatic N) is 1. The molecule has 21 heavy (non-hydrogen) atoms. The Hall–Kier alpha value is -1.92. The molecule has 0 aliphatic carbocycles. The zero-order valence-corrected chi connectivity index (χ0v) is 12.7. The number of aliphatic hydroxyl groups excluding tert-OH is 1. The molecule has 2 aromatic carbocycles. The van der Waals surface area contributed by atoms with E-state index in [0.717, 1.165) is 11.1 Å². The van der Waals surface area contributed by atoms with Gasteiger partial charge in [0.2, 0.25) is 0 Å². The molecule has 0 amide bonds. The lowest BCUT2D eigenvalue weighted by molar-refractivity contribution is -0.384. The number of ether oxygens (including phenoxy) is 1. The van der Waals surface area contributed by atoms with Gasteiger partial charge in [0.1, 0.15) is 12.4 Å². The zero-order chi connectivity index (χ0) is 15.2. The quantitative estimate of drug-likeness (QED) is 0.490. The van der Waals surface area contributed by atoms with Gasteiger partial charge in [0, 0.05) is 17.5 Å². The zero-order valence-electron chi connectivity index (χ0n) is 11.1. The van der Waals surface area contributed by atoms with Crippen LogP contribution in [0.5, 0.6) is 5.75 Å². The largest absolute Gasteiger partial charge is 0.489 e. The van der Waals surface area contributed by atoms with Crippen molar-refractivity contribution in [2.45, 2.75) is 12.7 Å². The average molecular weight is 352 g/mol. The van der Waals surface area contributed by atoms with E-state index in [1.165, 1.54) is 12.1 Å². The summed E-state index contributed by atoms with van der Waals surface area (Å²) in [6.07, 6.45) is -0.546. The maximum absolute atomic E-state index is 10.7. The van der Waals surface area contributed by atoms with Crippen LogP contribution < -0.4 is 4.74 Å². The molecule has 1 N–H and O–H groups in total. The van der Waals surface area contributed by atoms with Gasteiger partial charge in [-0.15, -0.1) is 0 Å². The lowest BCUT2D eigenvalue weighted by Gasteiger charge is -2.09. The predicted molar refractivity (Wildman–Crippen MR) is 82.6 cm³/mol. The van der Waals surface area contributed by atoms with Gasteiger partial charge in [-0.1, -0.05) is 40.2 Å². The second-order valence-corrected chi connectivity index (χ2v) is 5.10. The molecule has 2 rings (SSSR count). The van der Waals surface area contributed by atoms with E-state index in [-0.39, 0.29) is 12.3 Å². The topological polar surface area (TPSA) is 72.6 Å². The number of aliphatic hydroxyl groups is 1. The molecular formula is C15H14BrNO4. The van der Waals surface area contributed by atoms with Gasteiger partial charge < -0.3 is 9.84 Å². The summed E-state index contributed by atoms with van der Waals surface area (Å²) in [6, 6.07) is 13.4. The van der Waals surface area contributed by atoms with Crippen molar-refractivity contribution in [2.24, 2.45) is 0 Å². The van der Waals surface area contributed by atoms with Gasteiger partial charge in [0.05, 0.1) is 11.0 Å². The van der Waals surface area contributed by atoms with Crippen LogP contribution in [0.1, 0.15) is 17.2 Å². The van der Waals surface area contributed by atoms with Gasteiger partial charge in [0.15, 0.2) is 0 Å². The minimum absolute atomic E-state index is 0.0480. The number of rotatable bonds is 6. The Morgan fingerprint density at radius 1 is 1.24 bits per heavy atom. The molecule has 0 heterocycles. The molecule has 110 valence electrons. The van der Waals surface area contributed by atoms with Crippen molar-refractivity contribution in [3.63, 3.8) is 0 Å². The second kappa shape index (κ2) is 7.19. The lowest BCUT2D eigenvalue weighted by atomic mass is 10.1. The smallest absolute Gasteiger partial charge is 0.269 e. The second-order valence-electron chi connectivity index (χ2n) is 4.45. The first-order chi connectivity index (χ1) is 10.1. The number of halogens is 1. The molecule has 6 heteroatoms. The molecule has 5 nitrogen and oxygen atoms in total. The summed E-state index contributed by atoms with van der Waals surface area (Å²) in [4.78, 5) is 10.3. The molecule has 0 saturated heterocycles. The summed E-state index contributed by atoms with van der Waals surface area (Å²) in [5.41, 5.74) is 1.58. The van der Waals surface area contributed by atoms with Crippen molar-refractivity contribution in [2.75, 3.05) is 5.33 Å². The van der Waals surface area contributed by atoms with E-state index in [9.17, 15) is 15.2 Å². The third-order valence-corrected chi connectivity index (χ3v) is 3.55. The highest BCUT2D eigenvalue weighted by Crippen LogP contribution is 2.20. The van der Waals surface area contributed by atoms with E-state index in [1.807, 2.05) is 0 Å². The van der Waals surface area contributed by atoms with Crippen LogP contribution in [0.4, 0.5) is 5.69 Å². The van der Waals surface area contributed by atoms with Gasteiger partial charge in [0.25, 0.3) is 5.69 Å². The fourth-order valence-electron chi connectivity index (χ4n) is 1.80. The van der Waals surface area contributed by atoms with E-state index in [2.05, 4.69) is 15.9 Å². The average Bonchev–Trinajstić information content (AvgIpc) is 2.53. The Morgan fingerprint density at radius 3 is 2.57 bits per heavy atom. The van der Waals surface area contributed by atoms with E-state index in [4.69, 9.17) is 4.74 Å². The maximum Gasteiger partial charge on any atom is 0.269 e. The first kappa shape index (κ1) is 15.5. The Morgan fingerprint density at radius 2 is 1.95 bits per heavy atom. The molecular weight excluding hydrogens is 338 g/mol. The van der Waals surface area contributed by atoms with E-state index in [1.54, 1.807) is 36.4 Å². The fraction of sp³-hybridized carbons (Fsp3) is 0.200. The standard InChI is InChI=1S/C15H14BrNO4/c16-9-15(18)12-4-6-14(7-5-12)21-10-11-2-1-3-13(8-11)17(19)20/h1-8,15,18H,9-10H2. The summed E-state index contributed by atoms with van der Waals surface area (Å²) in [6.45, 7) is 0.252. The maximum atomic E-state index is 10.7. The Kier molecular flexibility index (Phi) is 5.30. The molecule has 1 unspecified atom stereocenters. The number of benzene rings is 2. The summed E-state index contributed by atoms with van der Waals surface area (Å²) < 4.78 is 5.58. The van der Waals surface area contributed by atoms with Gasteiger partial charge >= 0.3 is 0 Å². The number of hydrogen-bond donors (Lipinski definition) is 1. The Balaban J connectivity index is 1.99. The Labute approximate surface area is 130 Å². The van der Waals surface area contributed by atoms with Crippen LogP contribution in [-0.2, 0) is 6.61 Å². The normalized spacial score (nSPS) is 11.9. The van der Waals surface area contributed by atoms with Crippen LogP contribution in [0, 0.1) is 10.1 Å². The van der Waals surface area contributed by atoms with E-state index >= 15 is 0 Å². The molecule has 0 fully saturated rings. The number of nitro benzene ring substituents is 1. The van der Waals surface area contributed by atoms with Gasteiger partial charge in [-0.25, -0.2) is 0 Å². The summed E-state index contributed by atoms with van der Waals surface area (Å²) in [5, 5.41) is 20.8. The number of nitro groups is 1. The van der Waals surface area contributed by atoms with Crippen molar-refractivity contribution in [3.8, 4) is 5.75 Å². The van der Waals surface area contributed by atoms with Crippen LogP contribution in [0.25, 0.3) is 0 Å². The first-order valence-electron chi connectivity index (χ1n) is 6.30. The summed E-state index contributed by atoms with van der Waals surface area (Å²) in [7, 11) is 0. The summed E-state index contributed by atoms with van der Waals surface area (Å²) >= 11 is 3.21. The van der Waals surface area contributed by atoms with Crippen LogP contribution in [0.15, 0.2) is 48.5 Å². The molecule has 0 aliphatic heterocycles. The van der Waals surface area contributed by atoms with Crippen LogP contribution in [0.2, 0.25) is 0 Å². The van der Waals surface area contributed by atoms with Crippen LogP contribution in [0.3, 0.4) is 0 Å². The van der Waals surface area contributed by atoms with Crippen molar-refractivity contribution < 1.29 is 14.8 Å².